The van der Waals surface area contributed by atoms with E-state index in [1.165, 1.54) is 4.90 Å². The van der Waals surface area contributed by atoms with E-state index in [0.717, 1.165) is 25.7 Å². The van der Waals surface area contributed by atoms with Crippen LogP contribution in [0.4, 0.5) is 4.79 Å². The number of nitrogens with zero attached hydrogens (tertiary/aromatic N) is 1. The molecule has 0 spiro atoms. The van der Waals surface area contributed by atoms with E-state index < -0.39 is 6.09 Å². The smallest absolute Gasteiger partial charge is 0.407 e. The zero-order valence-electron chi connectivity index (χ0n) is 7.36. The zero-order valence-corrected chi connectivity index (χ0v) is 7.36. The quantitative estimate of drug-likeness (QED) is 0.616. The van der Waals surface area contributed by atoms with Crippen molar-refractivity contribution in [1.82, 2.24) is 4.90 Å². The number of hydrogen-bond acceptors (Lipinski definition) is 2. The van der Waals surface area contributed by atoms with Crippen molar-refractivity contribution in [2.75, 3.05) is 7.05 Å². The Bertz CT molecular complexity index is 172. The molecule has 0 aromatic carbocycles. The lowest BCUT2D eigenvalue weighted by atomic mass is 9.90. The Morgan fingerprint density at radius 2 is 2.08 bits per heavy atom. The minimum absolute atomic E-state index is 0.0243. The Hall–Kier alpha value is -0.770. The number of hydrogen-bond donors (Lipinski definition) is 2. The Balaban J connectivity index is 2.53. The van der Waals surface area contributed by atoms with Gasteiger partial charge in [0.15, 0.2) is 0 Å². The van der Waals surface area contributed by atoms with E-state index in [9.17, 15) is 4.79 Å². The molecule has 0 aliphatic heterocycles. The standard InChI is InChI=1S/C8H16N2O2/c1-10(8(11)12)7-5-3-2-4-6(7)9/h6-7H,2-5,9H2,1H3,(H,11,12). The summed E-state index contributed by atoms with van der Waals surface area (Å²) in [6.45, 7) is 0. The monoisotopic (exact) mass is 172 g/mol. The van der Waals surface area contributed by atoms with Crippen LogP contribution in [0.3, 0.4) is 0 Å². The fraction of sp³-hybridized carbons (Fsp3) is 0.875. The number of likely N-dealkylation sites (N-methyl/N-ethyl adjacent to an activating group) is 1. The van der Waals surface area contributed by atoms with Gasteiger partial charge in [-0.15, -0.1) is 0 Å². The average Bonchev–Trinajstić information content (AvgIpc) is 2.04. The van der Waals surface area contributed by atoms with Gasteiger partial charge in [0.25, 0.3) is 0 Å². The van der Waals surface area contributed by atoms with Crippen molar-refractivity contribution in [3.8, 4) is 0 Å². The molecule has 3 N–H and O–H groups in total. The maximum Gasteiger partial charge on any atom is 0.407 e. The van der Waals surface area contributed by atoms with Gasteiger partial charge in [-0.25, -0.2) is 4.79 Å². The van der Waals surface area contributed by atoms with Gasteiger partial charge in [0.05, 0.1) is 0 Å². The minimum atomic E-state index is -0.877. The number of nitrogens with two attached hydrogens (primary N) is 1. The molecule has 1 aliphatic carbocycles. The second-order valence-electron chi connectivity index (χ2n) is 3.41. The first-order valence-electron chi connectivity index (χ1n) is 4.34. The van der Waals surface area contributed by atoms with E-state index in [1.54, 1.807) is 7.05 Å². The topological polar surface area (TPSA) is 66.6 Å². The SMILES string of the molecule is CN(C(=O)O)C1CCCCC1N. The van der Waals surface area contributed by atoms with E-state index in [-0.39, 0.29) is 12.1 Å². The Morgan fingerprint density at radius 3 is 2.58 bits per heavy atom. The van der Waals surface area contributed by atoms with E-state index in [0.29, 0.717) is 0 Å². The zero-order chi connectivity index (χ0) is 9.14. The van der Waals surface area contributed by atoms with Crippen LogP contribution in [0.2, 0.25) is 0 Å². The van der Waals surface area contributed by atoms with E-state index in [4.69, 9.17) is 10.8 Å². The van der Waals surface area contributed by atoms with E-state index >= 15 is 0 Å². The van der Waals surface area contributed by atoms with Gasteiger partial charge in [0, 0.05) is 19.1 Å². The fourth-order valence-corrected chi connectivity index (χ4v) is 1.76. The predicted molar refractivity (Wildman–Crippen MR) is 46.0 cm³/mol. The van der Waals surface area contributed by atoms with Gasteiger partial charge in [-0.3, -0.25) is 0 Å². The third-order valence-electron chi connectivity index (χ3n) is 2.58. The predicted octanol–water partition coefficient (Wildman–Crippen LogP) is 0.866. The van der Waals surface area contributed by atoms with Crippen molar-refractivity contribution < 1.29 is 9.90 Å². The summed E-state index contributed by atoms with van der Waals surface area (Å²) in [4.78, 5) is 12.0. The average molecular weight is 172 g/mol. The van der Waals surface area contributed by atoms with Gasteiger partial charge in [0.2, 0.25) is 0 Å². The number of carbonyl (C=O) groups is 1. The second-order valence-corrected chi connectivity index (χ2v) is 3.41. The lowest BCUT2D eigenvalue weighted by Gasteiger charge is -2.34. The van der Waals surface area contributed by atoms with Crippen LogP contribution < -0.4 is 5.73 Å². The number of carboxylic acid groups (broad SMARTS) is 1. The van der Waals surface area contributed by atoms with Crippen molar-refractivity contribution in [3.05, 3.63) is 0 Å². The third-order valence-corrected chi connectivity index (χ3v) is 2.58. The molecule has 0 heterocycles. The van der Waals surface area contributed by atoms with Crippen molar-refractivity contribution >= 4 is 6.09 Å². The van der Waals surface area contributed by atoms with Crippen molar-refractivity contribution in [1.29, 1.82) is 0 Å². The lowest BCUT2D eigenvalue weighted by Crippen LogP contribution is -2.49. The van der Waals surface area contributed by atoms with E-state index in [1.807, 2.05) is 0 Å². The molecule has 1 aliphatic rings. The molecule has 0 saturated heterocycles. The molecule has 1 saturated carbocycles. The summed E-state index contributed by atoms with van der Waals surface area (Å²) in [5, 5.41) is 8.72. The molecule has 0 radical (unpaired) electrons. The molecule has 1 rings (SSSR count). The van der Waals surface area contributed by atoms with Crippen molar-refractivity contribution in [3.63, 3.8) is 0 Å². The molecule has 0 bridgehead atoms. The lowest BCUT2D eigenvalue weighted by molar-refractivity contribution is 0.119. The highest BCUT2D eigenvalue weighted by molar-refractivity contribution is 5.65. The van der Waals surface area contributed by atoms with Gasteiger partial charge < -0.3 is 15.7 Å². The molecule has 4 nitrogen and oxygen atoms in total. The largest absolute Gasteiger partial charge is 0.465 e. The highest BCUT2D eigenvalue weighted by atomic mass is 16.4. The summed E-state index contributed by atoms with van der Waals surface area (Å²) in [6, 6.07) is 0.0519. The van der Waals surface area contributed by atoms with Crippen LogP contribution in [0.25, 0.3) is 0 Å². The summed E-state index contributed by atoms with van der Waals surface area (Å²) < 4.78 is 0. The molecule has 0 aromatic heterocycles. The number of rotatable bonds is 1. The highest BCUT2D eigenvalue weighted by Crippen LogP contribution is 2.20. The van der Waals surface area contributed by atoms with Crippen LogP contribution in [0.15, 0.2) is 0 Å². The normalized spacial score (nSPS) is 29.8. The Morgan fingerprint density at radius 1 is 1.50 bits per heavy atom. The molecule has 0 aromatic rings. The fourth-order valence-electron chi connectivity index (χ4n) is 1.76. The summed E-state index contributed by atoms with van der Waals surface area (Å²) in [5.74, 6) is 0. The molecule has 1 fully saturated rings. The maximum atomic E-state index is 10.6. The second kappa shape index (κ2) is 3.76. The molecule has 4 heteroatoms. The molecule has 1 amide bonds. The Labute approximate surface area is 72.3 Å². The minimum Gasteiger partial charge on any atom is -0.465 e. The van der Waals surface area contributed by atoms with Gasteiger partial charge in [-0.1, -0.05) is 12.8 Å². The summed E-state index contributed by atoms with van der Waals surface area (Å²) in [5.41, 5.74) is 5.81. The van der Waals surface area contributed by atoms with Crippen LogP contribution in [0.1, 0.15) is 25.7 Å². The number of amides is 1. The highest BCUT2D eigenvalue weighted by Gasteiger charge is 2.27. The van der Waals surface area contributed by atoms with Crippen molar-refractivity contribution in [2.45, 2.75) is 37.8 Å². The molecule has 12 heavy (non-hydrogen) atoms. The molecule has 2 unspecified atom stereocenters. The molecular formula is C8H16N2O2. The third kappa shape index (κ3) is 1.88. The van der Waals surface area contributed by atoms with Gasteiger partial charge in [-0.2, -0.15) is 0 Å². The van der Waals surface area contributed by atoms with Gasteiger partial charge in [0.1, 0.15) is 0 Å². The van der Waals surface area contributed by atoms with Crippen LogP contribution in [0.5, 0.6) is 0 Å². The summed E-state index contributed by atoms with van der Waals surface area (Å²) >= 11 is 0. The van der Waals surface area contributed by atoms with Crippen LogP contribution in [0, 0.1) is 0 Å². The van der Waals surface area contributed by atoms with Gasteiger partial charge >= 0.3 is 6.09 Å². The Kier molecular flexibility index (Phi) is 2.92. The van der Waals surface area contributed by atoms with Crippen LogP contribution in [-0.2, 0) is 0 Å². The first-order valence-corrected chi connectivity index (χ1v) is 4.34. The summed E-state index contributed by atoms with van der Waals surface area (Å²) in [7, 11) is 1.60. The summed E-state index contributed by atoms with van der Waals surface area (Å²) in [6.07, 6.45) is 3.20. The maximum absolute atomic E-state index is 10.6. The molecular weight excluding hydrogens is 156 g/mol. The molecule has 2 atom stereocenters. The van der Waals surface area contributed by atoms with Crippen LogP contribution in [-0.4, -0.2) is 35.2 Å². The first kappa shape index (κ1) is 9.32. The van der Waals surface area contributed by atoms with Crippen LogP contribution >= 0.6 is 0 Å². The first-order chi connectivity index (χ1) is 5.63. The van der Waals surface area contributed by atoms with Crippen molar-refractivity contribution in [2.24, 2.45) is 5.73 Å². The van der Waals surface area contributed by atoms with E-state index in [2.05, 4.69) is 0 Å². The molecule has 70 valence electrons. The van der Waals surface area contributed by atoms with Gasteiger partial charge in [-0.05, 0) is 12.8 Å².